The van der Waals surface area contributed by atoms with Gasteiger partial charge in [0.2, 0.25) is 5.88 Å². The summed E-state index contributed by atoms with van der Waals surface area (Å²) in [6.45, 7) is 3.46. The highest BCUT2D eigenvalue weighted by Crippen LogP contribution is 2.24. The predicted molar refractivity (Wildman–Crippen MR) is 54.5 cm³/mol. The second-order valence-electron chi connectivity index (χ2n) is 3.19. The van der Waals surface area contributed by atoms with Gasteiger partial charge < -0.3 is 10.1 Å². The number of pyridine rings is 1. The Morgan fingerprint density at radius 2 is 2.12 bits per heavy atom. The topological polar surface area (TPSA) is 34.1 Å². The van der Waals surface area contributed by atoms with Crippen molar-refractivity contribution in [3.05, 3.63) is 18.2 Å². The van der Waals surface area contributed by atoms with Crippen LogP contribution in [0.3, 0.4) is 0 Å². The van der Waals surface area contributed by atoms with Crippen LogP contribution < -0.4 is 10.1 Å². The molecule has 0 spiro atoms. The first-order chi connectivity index (χ1) is 7.43. The molecule has 1 atom stereocenters. The Morgan fingerprint density at radius 3 is 2.69 bits per heavy atom. The lowest BCUT2D eigenvalue weighted by molar-refractivity contribution is -0.189. The molecule has 0 saturated carbocycles. The van der Waals surface area contributed by atoms with Gasteiger partial charge in [-0.2, -0.15) is 18.2 Å². The third-order valence-electron chi connectivity index (χ3n) is 1.84. The van der Waals surface area contributed by atoms with E-state index in [0.717, 1.165) is 6.92 Å². The lowest BCUT2D eigenvalue weighted by Gasteiger charge is -2.17. The number of nitrogens with zero attached hydrogens (tertiary/aromatic N) is 1. The first-order valence-electron chi connectivity index (χ1n) is 4.87. The molecule has 16 heavy (non-hydrogen) atoms. The zero-order chi connectivity index (χ0) is 12.2. The summed E-state index contributed by atoms with van der Waals surface area (Å²) in [5.74, 6) is 0.456. The van der Waals surface area contributed by atoms with Gasteiger partial charge in [-0.1, -0.05) is 6.07 Å². The molecule has 6 heteroatoms. The Labute approximate surface area is 91.6 Å². The van der Waals surface area contributed by atoms with Crippen molar-refractivity contribution in [2.45, 2.75) is 26.1 Å². The molecule has 0 radical (unpaired) electrons. The largest absolute Gasteiger partial charge is 0.465 e. The van der Waals surface area contributed by atoms with Crippen LogP contribution in [-0.4, -0.2) is 23.8 Å². The smallest absolute Gasteiger partial charge is 0.425 e. The lowest BCUT2D eigenvalue weighted by Crippen LogP contribution is -2.31. The average Bonchev–Trinajstić information content (AvgIpc) is 2.17. The van der Waals surface area contributed by atoms with Crippen LogP contribution in [0.4, 0.5) is 19.0 Å². The van der Waals surface area contributed by atoms with Crippen LogP contribution in [0, 0.1) is 0 Å². The van der Waals surface area contributed by atoms with Crippen molar-refractivity contribution in [1.29, 1.82) is 0 Å². The maximum Gasteiger partial charge on any atom is 0.425 e. The standard InChI is InChI=1S/C10H13F3N2O/c1-3-14-8-5-4-6-9(15-8)16-7(2)10(11,12)13/h4-7H,3H2,1-2H3,(H,14,15). The van der Waals surface area contributed by atoms with Gasteiger partial charge >= 0.3 is 6.18 Å². The zero-order valence-corrected chi connectivity index (χ0v) is 9.01. The van der Waals surface area contributed by atoms with Crippen LogP contribution >= 0.6 is 0 Å². The Bertz CT molecular complexity index is 341. The fourth-order valence-corrected chi connectivity index (χ4v) is 1.01. The molecule has 1 aromatic rings. The molecule has 0 aromatic carbocycles. The summed E-state index contributed by atoms with van der Waals surface area (Å²) in [4.78, 5) is 3.88. The van der Waals surface area contributed by atoms with Gasteiger partial charge in [-0.15, -0.1) is 0 Å². The monoisotopic (exact) mass is 234 g/mol. The number of ether oxygens (including phenoxy) is 1. The minimum absolute atomic E-state index is 0.0386. The van der Waals surface area contributed by atoms with Crippen molar-refractivity contribution in [2.75, 3.05) is 11.9 Å². The predicted octanol–water partition coefficient (Wildman–Crippen LogP) is 2.84. The van der Waals surface area contributed by atoms with Crippen LogP contribution in [0.15, 0.2) is 18.2 Å². The maximum atomic E-state index is 12.2. The summed E-state index contributed by atoms with van der Waals surface area (Å²) < 4.78 is 41.3. The van der Waals surface area contributed by atoms with E-state index in [9.17, 15) is 13.2 Å². The summed E-state index contributed by atoms with van der Waals surface area (Å²) in [5, 5.41) is 2.89. The molecule has 1 rings (SSSR count). The number of nitrogens with one attached hydrogen (secondary N) is 1. The molecule has 0 saturated heterocycles. The highest BCUT2D eigenvalue weighted by atomic mass is 19.4. The molecule has 1 N–H and O–H groups in total. The third kappa shape index (κ3) is 3.60. The molecular formula is C10H13F3N2O. The van der Waals surface area contributed by atoms with Gasteiger partial charge in [-0.05, 0) is 19.9 Å². The van der Waals surface area contributed by atoms with E-state index in [4.69, 9.17) is 0 Å². The number of hydrogen-bond acceptors (Lipinski definition) is 3. The van der Waals surface area contributed by atoms with Crippen molar-refractivity contribution >= 4 is 5.82 Å². The minimum Gasteiger partial charge on any atom is -0.465 e. The molecule has 0 aliphatic carbocycles. The summed E-state index contributed by atoms with van der Waals surface area (Å²) in [6.07, 6.45) is -6.24. The molecule has 1 aromatic heterocycles. The number of alkyl halides is 3. The normalized spacial score (nSPS) is 13.3. The second kappa shape index (κ2) is 5.05. The first-order valence-corrected chi connectivity index (χ1v) is 4.87. The van der Waals surface area contributed by atoms with Crippen molar-refractivity contribution < 1.29 is 17.9 Å². The fraction of sp³-hybridized carbons (Fsp3) is 0.500. The fourth-order valence-electron chi connectivity index (χ4n) is 1.01. The Kier molecular flexibility index (Phi) is 3.98. The van der Waals surface area contributed by atoms with Crippen molar-refractivity contribution in [3.63, 3.8) is 0 Å². The Hall–Kier alpha value is -1.46. The number of halogens is 3. The van der Waals surface area contributed by atoms with Crippen molar-refractivity contribution in [1.82, 2.24) is 4.98 Å². The van der Waals surface area contributed by atoms with E-state index in [1.165, 1.54) is 6.07 Å². The average molecular weight is 234 g/mol. The van der Waals surface area contributed by atoms with E-state index < -0.39 is 12.3 Å². The summed E-state index contributed by atoms with van der Waals surface area (Å²) in [6, 6.07) is 4.64. The van der Waals surface area contributed by atoms with Crippen LogP contribution in [0.2, 0.25) is 0 Å². The van der Waals surface area contributed by atoms with Gasteiger partial charge in [0.05, 0.1) is 0 Å². The minimum atomic E-state index is -4.38. The SMILES string of the molecule is CCNc1cccc(OC(C)C(F)(F)F)n1. The van der Waals surface area contributed by atoms with E-state index in [1.54, 1.807) is 12.1 Å². The van der Waals surface area contributed by atoms with Crippen LogP contribution in [-0.2, 0) is 0 Å². The van der Waals surface area contributed by atoms with Crippen LogP contribution in [0.25, 0.3) is 0 Å². The summed E-state index contributed by atoms with van der Waals surface area (Å²) >= 11 is 0. The molecular weight excluding hydrogens is 221 g/mol. The molecule has 0 aliphatic heterocycles. The maximum absolute atomic E-state index is 12.2. The van der Waals surface area contributed by atoms with Crippen molar-refractivity contribution in [3.8, 4) is 5.88 Å². The number of aromatic nitrogens is 1. The summed E-state index contributed by atoms with van der Waals surface area (Å²) in [5.41, 5.74) is 0. The van der Waals surface area contributed by atoms with Crippen LogP contribution in [0.1, 0.15) is 13.8 Å². The van der Waals surface area contributed by atoms with Gasteiger partial charge in [-0.25, -0.2) is 0 Å². The Balaban J connectivity index is 2.70. The van der Waals surface area contributed by atoms with Gasteiger partial charge in [0.15, 0.2) is 6.10 Å². The van der Waals surface area contributed by atoms with E-state index in [1.807, 2.05) is 6.92 Å². The Morgan fingerprint density at radius 1 is 1.44 bits per heavy atom. The molecule has 90 valence electrons. The summed E-state index contributed by atoms with van der Waals surface area (Å²) in [7, 11) is 0. The molecule has 0 bridgehead atoms. The highest BCUT2D eigenvalue weighted by molar-refractivity contribution is 5.36. The number of hydrogen-bond donors (Lipinski definition) is 1. The molecule has 1 heterocycles. The van der Waals surface area contributed by atoms with E-state index in [2.05, 4.69) is 15.0 Å². The second-order valence-corrected chi connectivity index (χ2v) is 3.19. The van der Waals surface area contributed by atoms with E-state index in [0.29, 0.717) is 12.4 Å². The molecule has 3 nitrogen and oxygen atoms in total. The van der Waals surface area contributed by atoms with Gasteiger partial charge in [0.25, 0.3) is 0 Å². The van der Waals surface area contributed by atoms with E-state index >= 15 is 0 Å². The van der Waals surface area contributed by atoms with Gasteiger partial charge in [0, 0.05) is 12.6 Å². The highest BCUT2D eigenvalue weighted by Gasteiger charge is 2.38. The van der Waals surface area contributed by atoms with Gasteiger partial charge in [0.1, 0.15) is 5.82 Å². The van der Waals surface area contributed by atoms with Crippen LogP contribution in [0.5, 0.6) is 5.88 Å². The molecule has 1 unspecified atom stereocenters. The molecule has 0 aliphatic rings. The third-order valence-corrected chi connectivity index (χ3v) is 1.84. The van der Waals surface area contributed by atoms with Gasteiger partial charge in [-0.3, -0.25) is 0 Å². The first kappa shape index (κ1) is 12.6. The lowest BCUT2D eigenvalue weighted by atomic mass is 10.4. The molecule has 0 fully saturated rings. The number of rotatable bonds is 4. The van der Waals surface area contributed by atoms with E-state index in [-0.39, 0.29) is 5.88 Å². The zero-order valence-electron chi connectivity index (χ0n) is 9.01. The number of anilines is 1. The molecule has 0 amide bonds. The van der Waals surface area contributed by atoms with Crippen molar-refractivity contribution in [2.24, 2.45) is 0 Å². The quantitative estimate of drug-likeness (QED) is 0.869.